The normalized spacial score (nSPS) is 21.0. The number of carbonyl (C=O) groups is 1. The van der Waals surface area contributed by atoms with Crippen LogP contribution < -0.4 is 10.1 Å². The molecule has 1 aromatic carbocycles. The van der Waals surface area contributed by atoms with Crippen LogP contribution in [0, 0.1) is 0 Å². The molecule has 2 rings (SSSR count). The fraction of sp³-hybridized carbons (Fsp3) is 0.417. The first kappa shape index (κ1) is 14.8. The topological polar surface area (TPSA) is 67.8 Å². The monoisotopic (exact) mass is 351 g/mol. The molecule has 2 N–H and O–H groups in total. The Hall–Kier alpha value is -1.57. The summed E-state index contributed by atoms with van der Waals surface area (Å²) in [7, 11) is 0. The Morgan fingerprint density at radius 2 is 2.30 bits per heavy atom. The lowest BCUT2D eigenvalue weighted by Crippen LogP contribution is -2.49. The van der Waals surface area contributed by atoms with Crippen molar-refractivity contribution in [2.24, 2.45) is 0 Å². The molecule has 1 fully saturated rings. The van der Waals surface area contributed by atoms with Gasteiger partial charge in [0.25, 0.3) is 0 Å². The van der Waals surface area contributed by atoms with Crippen LogP contribution in [0.3, 0.4) is 0 Å². The van der Waals surface area contributed by atoms with E-state index in [-0.39, 0.29) is 28.1 Å². The molecule has 1 amide bonds. The highest BCUT2D eigenvalue weighted by Gasteiger charge is 2.47. The Labute approximate surface area is 122 Å². The fourth-order valence-corrected chi connectivity index (χ4v) is 2.32. The van der Waals surface area contributed by atoms with Gasteiger partial charge >= 0.3 is 12.0 Å². The number of nitrogens with one attached hydrogen (secondary N) is 1. The van der Waals surface area contributed by atoms with Gasteiger partial charge in [-0.3, -0.25) is 0 Å². The van der Waals surface area contributed by atoms with E-state index in [0.717, 1.165) is 0 Å². The third kappa shape index (κ3) is 2.79. The van der Waals surface area contributed by atoms with Crippen LogP contribution in [0.1, 0.15) is 18.5 Å². The van der Waals surface area contributed by atoms with Crippen molar-refractivity contribution in [1.82, 2.24) is 5.32 Å². The van der Waals surface area contributed by atoms with Gasteiger partial charge < -0.3 is 19.9 Å². The Morgan fingerprint density at radius 1 is 1.60 bits per heavy atom. The number of hydrogen-bond acceptors (Lipinski definition) is 4. The molecule has 0 saturated carbocycles. The minimum atomic E-state index is -3.26. The van der Waals surface area contributed by atoms with Gasteiger partial charge in [-0.1, -0.05) is 0 Å². The smallest absolute Gasteiger partial charge is 0.408 e. The van der Waals surface area contributed by atoms with E-state index in [1.807, 2.05) is 0 Å². The van der Waals surface area contributed by atoms with Gasteiger partial charge in [0.15, 0.2) is 18.1 Å². The molecule has 1 heterocycles. The molecule has 0 radical (unpaired) electrons. The van der Waals surface area contributed by atoms with Crippen LogP contribution in [0.2, 0.25) is 0 Å². The van der Waals surface area contributed by atoms with Gasteiger partial charge in [-0.15, -0.1) is 0 Å². The molecule has 0 bridgehead atoms. The van der Waals surface area contributed by atoms with Gasteiger partial charge in [-0.25, -0.2) is 13.6 Å². The van der Waals surface area contributed by atoms with Crippen LogP contribution in [0.5, 0.6) is 11.5 Å². The number of carbonyl (C=O) groups excluding carboxylic acids is 1. The first-order valence-corrected chi connectivity index (χ1v) is 6.60. The standard InChI is InChI=1S/C12H12BrF2NO4/c1-2-19-8-4-6(3-7(13)9(8)17)10-12(14,15)5-20-11(18)16-10/h3-4,10,17H,2,5H2,1H3,(H,16,18)/t10-/m0/s1. The van der Waals surface area contributed by atoms with Crippen LogP contribution in [-0.4, -0.2) is 30.3 Å². The molecule has 1 aliphatic heterocycles. The minimum Gasteiger partial charge on any atom is -0.503 e. The quantitative estimate of drug-likeness (QED) is 0.878. The zero-order chi connectivity index (χ0) is 14.9. The minimum absolute atomic E-state index is 0.0633. The van der Waals surface area contributed by atoms with Gasteiger partial charge in [0.2, 0.25) is 0 Å². The third-order valence-electron chi connectivity index (χ3n) is 2.76. The molecule has 0 spiro atoms. The van der Waals surface area contributed by atoms with Crippen LogP contribution in [0.4, 0.5) is 13.6 Å². The third-order valence-corrected chi connectivity index (χ3v) is 3.37. The van der Waals surface area contributed by atoms with E-state index in [4.69, 9.17) is 4.74 Å². The molecule has 1 aliphatic rings. The molecule has 1 aromatic rings. The van der Waals surface area contributed by atoms with E-state index in [2.05, 4.69) is 26.0 Å². The van der Waals surface area contributed by atoms with E-state index < -0.39 is 24.7 Å². The van der Waals surface area contributed by atoms with Crippen molar-refractivity contribution in [2.45, 2.75) is 18.9 Å². The molecular formula is C12H12BrF2NO4. The lowest BCUT2D eigenvalue weighted by Gasteiger charge is -2.32. The van der Waals surface area contributed by atoms with Crippen molar-refractivity contribution >= 4 is 22.0 Å². The molecule has 1 saturated heterocycles. The number of ether oxygens (including phenoxy) is 2. The summed E-state index contributed by atoms with van der Waals surface area (Å²) in [5.41, 5.74) is 0.111. The predicted molar refractivity (Wildman–Crippen MR) is 69.1 cm³/mol. The van der Waals surface area contributed by atoms with Gasteiger partial charge in [0.05, 0.1) is 11.1 Å². The Balaban J connectivity index is 2.43. The van der Waals surface area contributed by atoms with E-state index in [1.165, 1.54) is 12.1 Å². The van der Waals surface area contributed by atoms with Crippen LogP contribution in [-0.2, 0) is 4.74 Å². The maximum absolute atomic E-state index is 13.8. The molecule has 20 heavy (non-hydrogen) atoms. The maximum atomic E-state index is 13.8. The zero-order valence-corrected chi connectivity index (χ0v) is 12.0. The average molecular weight is 352 g/mol. The number of aromatic hydroxyl groups is 1. The maximum Gasteiger partial charge on any atom is 0.408 e. The predicted octanol–water partition coefficient (Wildman–Crippen LogP) is 2.97. The molecule has 1 atom stereocenters. The number of hydrogen-bond donors (Lipinski definition) is 2. The molecule has 0 aromatic heterocycles. The van der Waals surface area contributed by atoms with Gasteiger partial charge in [0, 0.05) is 0 Å². The van der Waals surface area contributed by atoms with Crippen molar-refractivity contribution in [3.05, 3.63) is 22.2 Å². The summed E-state index contributed by atoms with van der Waals surface area (Å²) in [4.78, 5) is 11.1. The zero-order valence-electron chi connectivity index (χ0n) is 10.5. The van der Waals surface area contributed by atoms with Crippen LogP contribution >= 0.6 is 15.9 Å². The number of alkyl halides is 2. The second kappa shape index (κ2) is 5.43. The summed E-state index contributed by atoms with van der Waals surface area (Å²) >= 11 is 3.07. The number of benzene rings is 1. The number of amides is 1. The summed E-state index contributed by atoms with van der Waals surface area (Å²) in [6.45, 7) is 0.969. The van der Waals surface area contributed by atoms with Crippen molar-refractivity contribution in [3.63, 3.8) is 0 Å². The van der Waals surface area contributed by atoms with E-state index in [1.54, 1.807) is 6.92 Å². The van der Waals surface area contributed by atoms with E-state index >= 15 is 0 Å². The summed E-state index contributed by atoms with van der Waals surface area (Å²) in [6, 6.07) is 1.04. The summed E-state index contributed by atoms with van der Waals surface area (Å²) in [6.07, 6.45) is -0.914. The number of phenols is 1. The fourth-order valence-electron chi connectivity index (χ4n) is 1.86. The first-order valence-electron chi connectivity index (χ1n) is 5.81. The van der Waals surface area contributed by atoms with Crippen LogP contribution in [0.25, 0.3) is 0 Å². The van der Waals surface area contributed by atoms with Crippen LogP contribution in [0.15, 0.2) is 16.6 Å². The lowest BCUT2D eigenvalue weighted by molar-refractivity contribution is -0.104. The van der Waals surface area contributed by atoms with Gasteiger partial charge in [-0.05, 0) is 40.5 Å². The molecule has 0 aliphatic carbocycles. The summed E-state index contributed by atoms with van der Waals surface area (Å²) < 4.78 is 37.3. The highest BCUT2D eigenvalue weighted by molar-refractivity contribution is 9.10. The largest absolute Gasteiger partial charge is 0.503 e. The van der Waals surface area contributed by atoms with Crippen molar-refractivity contribution in [3.8, 4) is 11.5 Å². The SMILES string of the molecule is CCOc1cc([C@@H]2NC(=O)OCC2(F)F)cc(Br)c1O. The van der Waals surface area contributed by atoms with E-state index in [9.17, 15) is 18.7 Å². The number of alkyl carbamates (subject to hydrolysis) is 1. The Morgan fingerprint density at radius 3 is 2.95 bits per heavy atom. The highest BCUT2D eigenvalue weighted by Crippen LogP contribution is 2.41. The summed E-state index contributed by atoms with van der Waals surface area (Å²) in [5, 5.41) is 11.8. The number of rotatable bonds is 3. The molecule has 0 unspecified atom stereocenters. The summed E-state index contributed by atoms with van der Waals surface area (Å²) in [5.74, 6) is -3.38. The second-order valence-corrected chi connectivity index (χ2v) is 5.05. The van der Waals surface area contributed by atoms with Gasteiger partial charge in [-0.2, -0.15) is 0 Å². The molecular weight excluding hydrogens is 340 g/mol. The molecule has 5 nitrogen and oxygen atoms in total. The Kier molecular flexibility index (Phi) is 4.03. The van der Waals surface area contributed by atoms with Crippen molar-refractivity contribution < 1.29 is 28.2 Å². The van der Waals surface area contributed by atoms with Gasteiger partial charge in [0.1, 0.15) is 6.04 Å². The molecule has 110 valence electrons. The lowest BCUT2D eigenvalue weighted by atomic mass is 9.99. The van der Waals surface area contributed by atoms with Crippen molar-refractivity contribution in [1.29, 1.82) is 0 Å². The van der Waals surface area contributed by atoms with E-state index in [0.29, 0.717) is 0 Å². The average Bonchev–Trinajstić information content (AvgIpc) is 2.38. The number of cyclic esters (lactones) is 1. The Bertz CT molecular complexity index is 538. The van der Waals surface area contributed by atoms with Crippen molar-refractivity contribution in [2.75, 3.05) is 13.2 Å². The first-order chi connectivity index (χ1) is 9.35. The second-order valence-electron chi connectivity index (χ2n) is 4.20. The molecule has 8 heteroatoms. The number of phenolic OH excluding ortho intramolecular Hbond substituents is 1. The number of halogens is 3. The highest BCUT2D eigenvalue weighted by atomic mass is 79.9.